The molecule has 0 aliphatic carbocycles. The molecule has 3 nitrogen and oxygen atoms in total. The SMILES string of the molecule is CC1CC2(C)O[C@@](C)(C1)C(O)C2O. The van der Waals surface area contributed by atoms with Crippen molar-refractivity contribution >= 4 is 0 Å². The van der Waals surface area contributed by atoms with Gasteiger partial charge in [-0.25, -0.2) is 0 Å². The summed E-state index contributed by atoms with van der Waals surface area (Å²) < 4.78 is 5.77. The molecule has 5 atom stereocenters. The summed E-state index contributed by atoms with van der Waals surface area (Å²) in [7, 11) is 0. The van der Waals surface area contributed by atoms with Crippen LogP contribution in [0.4, 0.5) is 0 Å². The van der Waals surface area contributed by atoms with Crippen LogP contribution in [0.1, 0.15) is 33.6 Å². The molecule has 0 saturated carbocycles. The van der Waals surface area contributed by atoms with Gasteiger partial charge in [0.2, 0.25) is 0 Å². The van der Waals surface area contributed by atoms with Crippen molar-refractivity contribution < 1.29 is 14.9 Å². The molecule has 0 aromatic heterocycles. The Bertz CT molecular complexity index is 208. The van der Waals surface area contributed by atoms with Crippen LogP contribution in [0.3, 0.4) is 0 Å². The van der Waals surface area contributed by atoms with E-state index < -0.39 is 23.4 Å². The van der Waals surface area contributed by atoms with Gasteiger partial charge in [-0.2, -0.15) is 0 Å². The Kier molecular flexibility index (Phi) is 1.79. The van der Waals surface area contributed by atoms with Gasteiger partial charge in [0.05, 0.1) is 11.2 Å². The maximum absolute atomic E-state index is 9.84. The normalized spacial score (nSPS) is 61.2. The predicted molar refractivity (Wildman–Crippen MR) is 48.3 cm³/mol. The van der Waals surface area contributed by atoms with Crippen LogP contribution in [0.25, 0.3) is 0 Å². The lowest BCUT2D eigenvalue weighted by Crippen LogP contribution is -2.43. The number of ether oxygens (including phenoxy) is 1. The Labute approximate surface area is 78.7 Å². The summed E-state index contributed by atoms with van der Waals surface area (Å²) in [5.41, 5.74) is -1.07. The van der Waals surface area contributed by atoms with E-state index in [4.69, 9.17) is 4.74 Å². The molecule has 0 aromatic carbocycles. The molecule has 2 bridgehead atoms. The first kappa shape index (κ1) is 9.44. The van der Waals surface area contributed by atoms with E-state index in [1.807, 2.05) is 13.8 Å². The standard InChI is InChI=1S/C10H18O3/c1-6-4-9(2)7(11)8(12)10(3,5-6)13-9/h6-8,11-12H,4-5H2,1-3H3/t6?,7?,8?,9-,10?/m0/s1. The van der Waals surface area contributed by atoms with E-state index in [1.165, 1.54) is 0 Å². The highest BCUT2D eigenvalue weighted by Crippen LogP contribution is 2.49. The molecule has 2 aliphatic rings. The first-order valence-electron chi connectivity index (χ1n) is 4.94. The van der Waals surface area contributed by atoms with Gasteiger partial charge in [0.15, 0.2) is 0 Å². The van der Waals surface area contributed by atoms with Crippen LogP contribution < -0.4 is 0 Å². The van der Waals surface area contributed by atoms with Gasteiger partial charge >= 0.3 is 0 Å². The summed E-state index contributed by atoms with van der Waals surface area (Å²) in [6, 6.07) is 0. The quantitative estimate of drug-likeness (QED) is 0.585. The van der Waals surface area contributed by atoms with E-state index in [-0.39, 0.29) is 0 Å². The predicted octanol–water partition coefficient (Wildman–Crippen LogP) is 0.686. The zero-order valence-corrected chi connectivity index (χ0v) is 8.45. The molecule has 76 valence electrons. The highest BCUT2D eigenvalue weighted by molar-refractivity contribution is 5.10. The minimum atomic E-state index is -0.734. The third kappa shape index (κ3) is 1.14. The van der Waals surface area contributed by atoms with E-state index in [1.54, 1.807) is 0 Å². The second-order valence-electron chi connectivity index (χ2n) is 5.13. The minimum Gasteiger partial charge on any atom is -0.387 e. The minimum absolute atomic E-state index is 0.510. The summed E-state index contributed by atoms with van der Waals surface area (Å²) in [5, 5.41) is 19.7. The fourth-order valence-electron chi connectivity index (χ4n) is 3.10. The van der Waals surface area contributed by atoms with E-state index >= 15 is 0 Å². The molecular weight excluding hydrogens is 168 g/mol. The largest absolute Gasteiger partial charge is 0.387 e. The molecule has 3 heteroatoms. The maximum Gasteiger partial charge on any atom is 0.111 e. The Morgan fingerprint density at radius 3 is 1.85 bits per heavy atom. The van der Waals surface area contributed by atoms with Crippen LogP contribution in [-0.2, 0) is 4.74 Å². The van der Waals surface area contributed by atoms with E-state index in [2.05, 4.69) is 6.92 Å². The summed E-state index contributed by atoms with van der Waals surface area (Å²) in [4.78, 5) is 0. The third-order valence-electron chi connectivity index (χ3n) is 3.52. The topological polar surface area (TPSA) is 49.7 Å². The van der Waals surface area contributed by atoms with Crippen molar-refractivity contribution in [1.82, 2.24) is 0 Å². The highest BCUT2D eigenvalue weighted by Gasteiger charge is 2.60. The van der Waals surface area contributed by atoms with Gasteiger partial charge in [-0.05, 0) is 32.6 Å². The van der Waals surface area contributed by atoms with Crippen LogP contribution >= 0.6 is 0 Å². The number of hydrogen-bond acceptors (Lipinski definition) is 3. The van der Waals surface area contributed by atoms with E-state index in [0.717, 1.165) is 12.8 Å². The zero-order chi connectivity index (χ0) is 9.85. The van der Waals surface area contributed by atoms with Crippen molar-refractivity contribution in [3.63, 3.8) is 0 Å². The summed E-state index contributed by atoms with van der Waals surface area (Å²) in [6.07, 6.45) is 0.201. The molecule has 0 aromatic rings. The van der Waals surface area contributed by atoms with Crippen molar-refractivity contribution in [3.8, 4) is 0 Å². The molecule has 2 N–H and O–H groups in total. The molecule has 4 unspecified atom stereocenters. The Hall–Kier alpha value is -0.120. The van der Waals surface area contributed by atoms with Crippen LogP contribution in [0, 0.1) is 5.92 Å². The Morgan fingerprint density at radius 1 is 1.08 bits per heavy atom. The summed E-state index contributed by atoms with van der Waals surface area (Å²) in [5.74, 6) is 0.510. The number of fused-ring (bicyclic) bond motifs is 2. The molecule has 0 amide bonds. The van der Waals surface area contributed by atoms with Crippen LogP contribution in [-0.4, -0.2) is 33.6 Å². The van der Waals surface area contributed by atoms with Gasteiger partial charge in [-0.3, -0.25) is 0 Å². The number of hydrogen-bond donors (Lipinski definition) is 2. The summed E-state index contributed by atoms with van der Waals surface area (Å²) >= 11 is 0. The van der Waals surface area contributed by atoms with Gasteiger partial charge in [0.1, 0.15) is 12.2 Å². The molecular formula is C10H18O3. The second-order valence-corrected chi connectivity index (χ2v) is 5.13. The van der Waals surface area contributed by atoms with Crippen LogP contribution in [0.5, 0.6) is 0 Å². The lowest BCUT2D eigenvalue weighted by atomic mass is 9.86. The number of aliphatic hydroxyl groups excluding tert-OH is 2. The molecule has 2 aliphatic heterocycles. The van der Waals surface area contributed by atoms with Gasteiger partial charge in [-0.1, -0.05) is 6.92 Å². The van der Waals surface area contributed by atoms with Crippen LogP contribution in [0.15, 0.2) is 0 Å². The van der Waals surface area contributed by atoms with E-state index in [0.29, 0.717) is 5.92 Å². The second kappa shape index (κ2) is 2.47. The first-order chi connectivity index (χ1) is 5.87. The Morgan fingerprint density at radius 2 is 1.46 bits per heavy atom. The number of aliphatic hydroxyl groups is 2. The number of rotatable bonds is 0. The lowest BCUT2D eigenvalue weighted by molar-refractivity contribution is -0.161. The van der Waals surface area contributed by atoms with Crippen molar-refractivity contribution in [3.05, 3.63) is 0 Å². The van der Waals surface area contributed by atoms with E-state index in [9.17, 15) is 10.2 Å². The molecule has 2 heterocycles. The maximum atomic E-state index is 9.84. The van der Waals surface area contributed by atoms with Crippen molar-refractivity contribution in [2.24, 2.45) is 5.92 Å². The average Bonchev–Trinajstić information content (AvgIpc) is 2.08. The molecule has 13 heavy (non-hydrogen) atoms. The molecule has 2 saturated heterocycles. The zero-order valence-electron chi connectivity index (χ0n) is 8.45. The van der Waals surface area contributed by atoms with Crippen molar-refractivity contribution in [2.75, 3.05) is 0 Å². The summed E-state index contributed by atoms with van der Waals surface area (Å²) in [6.45, 7) is 5.92. The molecule has 0 radical (unpaired) electrons. The molecule has 2 rings (SSSR count). The smallest absolute Gasteiger partial charge is 0.111 e. The Balaban J connectivity index is 2.35. The molecule has 0 spiro atoms. The molecule has 2 fully saturated rings. The highest BCUT2D eigenvalue weighted by atomic mass is 16.6. The average molecular weight is 186 g/mol. The first-order valence-corrected chi connectivity index (χ1v) is 4.94. The van der Waals surface area contributed by atoms with Gasteiger partial charge in [-0.15, -0.1) is 0 Å². The monoisotopic (exact) mass is 186 g/mol. The van der Waals surface area contributed by atoms with Gasteiger partial charge in [0, 0.05) is 0 Å². The van der Waals surface area contributed by atoms with Gasteiger partial charge < -0.3 is 14.9 Å². The van der Waals surface area contributed by atoms with Crippen molar-refractivity contribution in [2.45, 2.75) is 57.0 Å². The van der Waals surface area contributed by atoms with Crippen LogP contribution in [0.2, 0.25) is 0 Å². The lowest BCUT2D eigenvalue weighted by Gasteiger charge is -2.39. The van der Waals surface area contributed by atoms with Crippen molar-refractivity contribution in [1.29, 1.82) is 0 Å². The fourth-order valence-corrected chi connectivity index (χ4v) is 3.10. The third-order valence-corrected chi connectivity index (χ3v) is 3.52. The fraction of sp³-hybridized carbons (Fsp3) is 1.00. The van der Waals surface area contributed by atoms with Gasteiger partial charge in [0.25, 0.3) is 0 Å².